The molecule has 46 heavy (non-hydrogen) atoms. The largest absolute Gasteiger partial charge is 0.391 e. The van der Waals surface area contributed by atoms with Crippen molar-refractivity contribution in [2.45, 2.75) is 219 Å². The molecule has 2 N–H and O–H groups in total. The zero-order valence-corrected chi connectivity index (χ0v) is 32.0. The van der Waals surface area contributed by atoms with E-state index in [1.807, 2.05) is 0 Å². The Labute approximate surface area is 290 Å². The number of aliphatic hydroxyl groups excluding tert-OH is 2. The molecule has 6 heteroatoms. The van der Waals surface area contributed by atoms with Crippen LogP contribution in [0.2, 0.25) is 0 Å². The first-order chi connectivity index (χ1) is 22.6. The lowest BCUT2D eigenvalue weighted by Gasteiger charge is -2.12. The van der Waals surface area contributed by atoms with Gasteiger partial charge in [-0.1, -0.05) is 194 Å². The zero-order chi connectivity index (χ0) is 33.6. The number of unbranched alkanes of at least 4 members (excludes halogenated alkanes) is 26. The van der Waals surface area contributed by atoms with Gasteiger partial charge in [0.25, 0.3) is 0 Å². The van der Waals surface area contributed by atoms with Crippen LogP contribution in [0.4, 0.5) is 0 Å². The van der Waals surface area contributed by atoms with Crippen LogP contribution in [0, 0.1) is 0 Å². The van der Waals surface area contributed by atoms with Crippen LogP contribution in [0.3, 0.4) is 0 Å². The molecule has 0 saturated carbocycles. The van der Waals surface area contributed by atoms with E-state index in [0.29, 0.717) is 37.9 Å². The number of hydrogen-bond donors (Lipinski definition) is 2. The van der Waals surface area contributed by atoms with Crippen LogP contribution in [0.5, 0.6) is 0 Å². The Morgan fingerprint density at radius 2 is 0.652 bits per heavy atom. The Hall–Kier alpha value is -0.0100. The van der Waals surface area contributed by atoms with Gasteiger partial charge in [0.1, 0.15) is 0 Å². The van der Waals surface area contributed by atoms with E-state index in [2.05, 4.69) is 13.8 Å². The summed E-state index contributed by atoms with van der Waals surface area (Å²) in [6.07, 6.45) is 38.2. The highest BCUT2D eigenvalue weighted by Crippen LogP contribution is 2.15. The molecule has 0 aliphatic carbocycles. The third kappa shape index (κ3) is 38.4. The fourth-order valence-electron chi connectivity index (χ4n) is 6.16. The minimum absolute atomic E-state index is 0.331. The molecule has 0 rings (SSSR count). The molecule has 0 radical (unpaired) electrons. The molecule has 0 bridgehead atoms. The highest BCUT2D eigenvalue weighted by Gasteiger charge is 2.08. The van der Waals surface area contributed by atoms with Crippen molar-refractivity contribution < 1.29 is 23.9 Å². The van der Waals surface area contributed by atoms with E-state index in [9.17, 15) is 14.4 Å². The SMILES string of the molecule is CCCCCCCCCCCCCCCCC(O)COCCS(=O)CCOCC(O)CCCCCCCCCCCCCCCC. The van der Waals surface area contributed by atoms with Gasteiger partial charge in [-0.2, -0.15) is 0 Å². The van der Waals surface area contributed by atoms with Crippen molar-refractivity contribution >= 4 is 10.8 Å². The van der Waals surface area contributed by atoms with Crippen molar-refractivity contribution in [1.29, 1.82) is 0 Å². The molecule has 0 aromatic heterocycles. The Kier molecular flexibility index (Phi) is 39.4. The molecule has 0 aromatic carbocycles. The lowest BCUT2D eigenvalue weighted by molar-refractivity contribution is 0.0363. The molecule has 2 atom stereocenters. The van der Waals surface area contributed by atoms with Gasteiger partial charge < -0.3 is 19.7 Å². The molecule has 5 nitrogen and oxygen atoms in total. The van der Waals surface area contributed by atoms with Crippen LogP contribution in [0.15, 0.2) is 0 Å². The van der Waals surface area contributed by atoms with Gasteiger partial charge in [0, 0.05) is 22.3 Å². The predicted molar refractivity (Wildman–Crippen MR) is 201 cm³/mol. The van der Waals surface area contributed by atoms with Crippen molar-refractivity contribution in [3.05, 3.63) is 0 Å². The van der Waals surface area contributed by atoms with Crippen molar-refractivity contribution in [2.75, 3.05) is 37.9 Å². The maximum atomic E-state index is 12.2. The summed E-state index contributed by atoms with van der Waals surface area (Å²) in [5, 5.41) is 20.3. The molecule has 0 aliphatic rings. The van der Waals surface area contributed by atoms with Crippen LogP contribution in [0.1, 0.15) is 206 Å². The van der Waals surface area contributed by atoms with Crippen molar-refractivity contribution in [3.8, 4) is 0 Å². The second kappa shape index (κ2) is 39.4. The van der Waals surface area contributed by atoms with E-state index in [4.69, 9.17) is 9.47 Å². The Morgan fingerprint density at radius 1 is 0.413 bits per heavy atom. The normalized spacial score (nSPS) is 13.7. The third-order valence-electron chi connectivity index (χ3n) is 9.31. The first kappa shape index (κ1) is 46.0. The number of ether oxygens (including phenoxy) is 2. The average molecular weight is 675 g/mol. The summed E-state index contributed by atoms with van der Waals surface area (Å²) in [5.41, 5.74) is 0. The molecular weight excluding hydrogens is 593 g/mol. The summed E-state index contributed by atoms with van der Waals surface area (Å²) in [6.45, 7) is 6.03. The fourth-order valence-corrected chi connectivity index (χ4v) is 6.97. The number of rotatable bonds is 40. The third-order valence-corrected chi connectivity index (χ3v) is 10.6. The molecule has 2 unspecified atom stereocenters. The van der Waals surface area contributed by atoms with Crippen LogP contribution in [0.25, 0.3) is 0 Å². The summed E-state index contributed by atoms with van der Waals surface area (Å²) in [4.78, 5) is 0. The quantitative estimate of drug-likeness (QED) is 0.0633. The van der Waals surface area contributed by atoms with Crippen LogP contribution in [-0.4, -0.2) is 64.6 Å². The highest BCUT2D eigenvalue weighted by atomic mass is 32.2. The van der Waals surface area contributed by atoms with Gasteiger partial charge in [-0.15, -0.1) is 0 Å². The van der Waals surface area contributed by atoms with Gasteiger partial charge in [-0.3, -0.25) is 4.21 Å². The van der Waals surface area contributed by atoms with E-state index >= 15 is 0 Å². The molecule has 0 heterocycles. The Bertz CT molecular complexity index is 542. The van der Waals surface area contributed by atoms with Gasteiger partial charge in [0.05, 0.1) is 38.6 Å². The van der Waals surface area contributed by atoms with Crippen molar-refractivity contribution in [3.63, 3.8) is 0 Å². The molecule has 0 spiro atoms. The molecule has 0 aromatic rings. The monoisotopic (exact) mass is 675 g/mol. The second-order valence-electron chi connectivity index (χ2n) is 14.1. The lowest BCUT2D eigenvalue weighted by Crippen LogP contribution is -2.20. The van der Waals surface area contributed by atoms with E-state index in [0.717, 1.165) is 25.7 Å². The second-order valence-corrected chi connectivity index (χ2v) is 15.8. The van der Waals surface area contributed by atoms with Gasteiger partial charge in [0.2, 0.25) is 0 Å². The molecular formula is C40H82O5S. The summed E-state index contributed by atoms with van der Waals surface area (Å²) in [6, 6.07) is 0. The number of hydrogen-bond acceptors (Lipinski definition) is 5. The maximum Gasteiger partial charge on any atom is 0.0773 e. The summed E-state index contributed by atoms with van der Waals surface area (Å²) < 4.78 is 23.3. The minimum atomic E-state index is -0.994. The smallest absolute Gasteiger partial charge is 0.0773 e. The minimum Gasteiger partial charge on any atom is -0.391 e. The fraction of sp³-hybridized carbons (Fsp3) is 1.00. The molecule has 0 aliphatic heterocycles. The molecule has 0 saturated heterocycles. The van der Waals surface area contributed by atoms with Gasteiger partial charge in [0.15, 0.2) is 0 Å². The predicted octanol–water partition coefficient (Wildman–Crippen LogP) is 11.2. The molecule has 0 amide bonds. The Balaban J connectivity index is 3.34. The van der Waals surface area contributed by atoms with E-state index in [1.54, 1.807) is 0 Å². The molecule has 278 valence electrons. The van der Waals surface area contributed by atoms with Crippen LogP contribution in [-0.2, 0) is 20.3 Å². The molecule has 0 fully saturated rings. The number of aliphatic hydroxyl groups is 2. The summed E-state index contributed by atoms with van der Waals surface area (Å²) >= 11 is 0. The maximum absolute atomic E-state index is 12.2. The Morgan fingerprint density at radius 3 is 0.913 bits per heavy atom. The van der Waals surface area contributed by atoms with Crippen LogP contribution < -0.4 is 0 Å². The van der Waals surface area contributed by atoms with E-state index in [-0.39, 0.29) is 0 Å². The first-order valence-corrected chi connectivity index (χ1v) is 22.0. The van der Waals surface area contributed by atoms with Gasteiger partial charge >= 0.3 is 0 Å². The van der Waals surface area contributed by atoms with Crippen LogP contribution >= 0.6 is 0 Å². The van der Waals surface area contributed by atoms with Gasteiger partial charge in [-0.05, 0) is 12.8 Å². The highest BCUT2D eigenvalue weighted by molar-refractivity contribution is 7.85. The summed E-state index contributed by atoms with van der Waals surface area (Å²) in [7, 11) is -0.994. The zero-order valence-electron chi connectivity index (χ0n) is 31.1. The topological polar surface area (TPSA) is 76.0 Å². The lowest BCUT2D eigenvalue weighted by atomic mass is 10.0. The average Bonchev–Trinajstić information content (AvgIpc) is 3.05. The van der Waals surface area contributed by atoms with E-state index in [1.165, 1.54) is 167 Å². The summed E-state index contributed by atoms with van der Waals surface area (Å²) in [5.74, 6) is 0.938. The standard InChI is InChI=1S/C40H82O5S/c1-3-5-7-9-11-13-15-17-19-21-23-25-27-29-31-39(41)37-44-33-35-46(43)36-34-45-38-40(42)32-30-28-26-24-22-20-18-16-14-12-10-8-6-4-2/h39-42H,3-38H2,1-2H3. The van der Waals surface area contributed by atoms with Crippen molar-refractivity contribution in [2.24, 2.45) is 0 Å². The van der Waals surface area contributed by atoms with E-state index < -0.39 is 23.0 Å². The van der Waals surface area contributed by atoms with Crippen molar-refractivity contribution in [1.82, 2.24) is 0 Å². The first-order valence-electron chi connectivity index (χ1n) is 20.5. The van der Waals surface area contributed by atoms with Gasteiger partial charge in [-0.25, -0.2) is 0 Å².